The molecule has 6 rings (SSSR count). The Labute approximate surface area is 262 Å². The molecule has 3 atom stereocenters. The van der Waals surface area contributed by atoms with Gasteiger partial charge in [0, 0.05) is 60.3 Å². The smallest absolute Gasteiger partial charge is 0.324 e. The summed E-state index contributed by atoms with van der Waals surface area (Å²) in [6.07, 6.45) is 3.47. The summed E-state index contributed by atoms with van der Waals surface area (Å²) in [7, 11) is 1.68. The molecule has 1 fully saturated rings. The van der Waals surface area contributed by atoms with Crippen LogP contribution in [-0.2, 0) is 38.4 Å². The summed E-state index contributed by atoms with van der Waals surface area (Å²) >= 11 is 0. The molecular formula is C33H41N7O5. The number of pyridine rings is 1. The standard InChI is InChI=1S/C33H41N7O5/c1-6-39-26-12-11-20-15-22(26)23(29(39)21-9-7-13-35-28(21)19(2)43-5)17-33(3,4)18-44-32(42)25-10-8-14-40(37-25)31(41)24(34)16-27-36-30(20)45-38-27/h7,9,11-13,15,19,24-25,37H,6,8,10,14,16-18,34H2,1-5H3/t19-,24-,25-/m0/s1. The van der Waals surface area contributed by atoms with E-state index in [1.807, 2.05) is 19.1 Å². The number of esters is 1. The minimum atomic E-state index is -0.908. The first-order chi connectivity index (χ1) is 21.6. The number of nitrogens with one attached hydrogen (secondary N) is 1. The zero-order valence-electron chi connectivity index (χ0n) is 26.5. The van der Waals surface area contributed by atoms with Crippen LogP contribution in [0.15, 0.2) is 41.1 Å². The first-order valence-corrected chi connectivity index (χ1v) is 15.6. The first kappa shape index (κ1) is 30.9. The van der Waals surface area contributed by atoms with E-state index in [9.17, 15) is 9.59 Å². The first-order valence-electron chi connectivity index (χ1n) is 15.6. The van der Waals surface area contributed by atoms with Crippen LogP contribution in [0.25, 0.3) is 33.6 Å². The molecule has 5 heterocycles. The molecule has 0 saturated carbocycles. The van der Waals surface area contributed by atoms with Gasteiger partial charge in [-0.3, -0.25) is 19.6 Å². The summed E-state index contributed by atoms with van der Waals surface area (Å²) in [5, 5.41) is 6.59. The van der Waals surface area contributed by atoms with E-state index < -0.39 is 17.5 Å². The highest BCUT2D eigenvalue weighted by Crippen LogP contribution is 2.41. The number of ether oxygens (including phenoxy) is 2. The number of carbonyl (C=O) groups is 2. The molecule has 2 aliphatic rings. The Morgan fingerprint density at radius 1 is 1.24 bits per heavy atom. The Morgan fingerprint density at radius 2 is 2.07 bits per heavy atom. The van der Waals surface area contributed by atoms with Crippen LogP contribution in [0.5, 0.6) is 0 Å². The summed E-state index contributed by atoms with van der Waals surface area (Å²) in [6.45, 7) is 9.66. The largest absolute Gasteiger partial charge is 0.464 e. The summed E-state index contributed by atoms with van der Waals surface area (Å²) in [6, 6.07) is 8.59. The Kier molecular flexibility index (Phi) is 8.47. The van der Waals surface area contributed by atoms with Crippen molar-refractivity contribution in [3.63, 3.8) is 0 Å². The Balaban J connectivity index is 1.53. The Hall–Kier alpha value is -4.13. The van der Waals surface area contributed by atoms with Crippen molar-refractivity contribution >= 4 is 22.8 Å². The van der Waals surface area contributed by atoms with E-state index in [1.54, 1.807) is 13.3 Å². The number of hydrogen-bond donors (Lipinski definition) is 2. The lowest BCUT2D eigenvalue weighted by molar-refractivity contribution is -0.154. The number of nitrogens with two attached hydrogens (primary N) is 1. The van der Waals surface area contributed by atoms with Crippen molar-refractivity contribution in [3.8, 4) is 22.7 Å². The van der Waals surface area contributed by atoms with Gasteiger partial charge in [-0.1, -0.05) is 19.0 Å². The lowest BCUT2D eigenvalue weighted by Gasteiger charge is -2.34. The van der Waals surface area contributed by atoms with Crippen molar-refractivity contribution in [3.05, 3.63) is 53.6 Å². The summed E-state index contributed by atoms with van der Waals surface area (Å²) < 4.78 is 19.6. The number of aromatic nitrogens is 4. The highest BCUT2D eigenvalue weighted by Gasteiger charge is 2.34. The fourth-order valence-electron chi connectivity index (χ4n) is 6.38. The molecule has 3 aromatic heterocycles. The van der Waals surface area contributed by atoms with Crippen molar-refractivity contribution in [1.29, 1.82) is 0 Å². The normalized spacial score (nSPS) is 21.4. The number of aryl methyl sites for hydroxylation is 1. The van der Waals surface area contributed by atoms with Crippen LogP contribution < -0.4 is 11.2 Å². The lowest BCUT2D eigenvalue weighted by Crippen LogP contribution is -2.59. The van der Waals surface area contributed by atoms with E-state index in [1.165, 1.54) is 5.01 Å². The van der Waals surface area contributed by atoms with Crippen LogP contribution in [0.1, 0.15) is 63.7 Å². The highest BCUT2D eigenvalue weighted by molar-refractivity contribution is 5.94. The minimum Gasteiger partial charge on any atom is -0.464 e. The molecule has 0 spiro atoms. The van der Waals surface area contributed by atoms with Crippen LogP contribution in [0.3, 0.4) is 0 Å². The summed E-state index contributed by atoms with van der Waals surface area (Å²) in [5.74, 6) is -0.0389. The van der Waals surface area contributed by atoms with Crippen molar-refractivity contribution in [2.45, 2.75) is 78.1 Å². The quantitative estimate of drug-likeness (QED) is 0.323. The average Bonchev–Trinajstić information content (AvgIpc) is 3.64. The van der Waals surface area contributed by atoms with Gasteiger partial charge < -0.3 is 24.3 Å². The Bertz CT molecular complexity index is 1730. The molecule has 0 radical (unpaired) electrons. The predicted octanol–water partition coefficient (Wildman–Crippen LogP) is 3.97. The van der Waals surface area contributed by atoms with Gasteiger partial charge in [0.05, 0.1) is 30.1 Å². The minimum absolute atomic E-state index is 0.0924. The van der Waals surface area contributed by atoms with Crippen molar-refractivity contribution in [2.24, 2.45) is 11.1 Å². The zero-order valence-corrected chi connectivity index (χ0v) is 26.5. The van der Waals surface area contributed by atoms with Gasteiger partial charge in [0.1, 0.15) is 6.04 Å². The number of hydrogen-bond acceptors (Lipinski definition) is 10. The van der Waals surface area contributed by atoms with Gasteiger partial charge in [0.25, 0.3) is 11.8 Å². The second-order valence-corrected chi connectivity index (χ2v) is 12.7. The van der Waals surface area contributed by atoms with Gasteiger partial charge in [0.15, 0.2) is 5.82 Å². The van der Waals surface area contributed by atoms with Crippen molar-refractivity contribution in [2.75, 3.05) is 20.3 Å². The molecule has 6 bridgehead atoms. The molecule has 45 heavy (non-hydrogen) atoms. The maximum atomic E-state index is 13.3. The van der Waals surface area contributed by atoms with Crippen LogP contribution in [0, 0.1) is 5.41 Å². The molecule has 1 saturated heterocycles. The average molecular weight is 616 g/mol. The van der Waals surface area contributed by atoms with Crippen LogP contribution in [-0.4, -0.2) is 68.9 Å². The molecule has 1 amide bonds. The molecule has 12 nitrogen and oxygen atoms in total. The molecule has 3 N–H and O–H groups in total. The van der Waals surface area contributed by atoms with Crippen LogP contribution in [0.4, 0.5) is 0 Å². The predicted molar refractivity (Wildman–Crippen MR) is 168 cm³/mol. The molecule has 12 heteroatoms. The number of cyclic esters (lactones) is 1. The third kappa shape index (κ3) is 5.97. The maximum absolute atomic E-state index is 13.3. The number of hydrazine groups is 1. The summed E-state index contributed by atoms with van der Waals surface area (Å²) in [4.78, 5) is 35.8. The van der Waals surface area contributed by atoms with E-state index in [0.717, 1.165) is 45.5 Å². The van der Waals surface area contributed by atoms with E-state index in [2.05, 4.69) is 59.1 Å². The highest BCUT2D eigenvalue weighted by atomic mass is 16.5. The van der Waals surface area contributed by atoms with Gasteiger partial charge >= 0.3 is 5.97 Å². The van der Waals surface area contributed by atoms with Gasteiger partial charge in [-0.25, -0.2) is 5.43 Å². The molecule has 2 aliphatic heterocycles. The van der Waals surface area contributed by atoms with E-state index in [-0.39, 0.29) is 31.0 Å². The van der Waals surface area contributed by atoms with Gasteiger partial charge in [0.2, 0.25) is 0 Å². The van der Waals surface area contributed by atoms with E-state index in [0.29, 0.717) is 37.5 Å². The number of methoxy groups -OCH3 is 1. The van der Waals surface area contributed by atoms with Crippen molar-refractivity contribution in [1.82, 2.24) is 30.1 Å². The number of rotatable bonds is 4. The molecule has 238 valence electrons. The second-order valence-electron chi connectivity index (χ2n) is 12.7. The molecule has 0 unspecified atom stereocenters. The maximum Gasteiger partial charge on any atom is 0.324 e. The third-order valence-electron chi connectivity index (χ3n) is 8.75. The topological polar surface area (TPSA) is 151 Å². The summed E-state index contributed by atoms with van der Waals surface area (Å²) in [5.41, 5.74) is 14.7. The Morgan fingerprint density at radius 3 is 2.84 bits per heavy atom. The lowest BCUT2D eigenvalue weighted by atomic mass is 9.84. The molecule has 0 aliphatic carbocycles. The number of carbonyl (C=O) groups excluding carboxylic acids is 2. The third-order valence-corrected chi connectivity index (χ3v) is 8.75. The van der Waals surface area contributed by atoms with Gasteiger partial charge in [-0.15, -0.1) is 0 Å². The van der Waals surface area contributed by atoms with Crippen molar-refractivity contribution < 1.29 is 23.6 Å². The zero-order chi connectivity index (χ0) is 31.9. The fourth-order valence-corrected chi connectivity index (χ4v) is 6.38. The molecule has 4 aromatic rings. The number of benzene rings is 1. The molecule has 1 aromatic carbocycles. The molecular weight excluding hydrogens is 574 g/mol. The van der Waals surface area contributed by atoms with E-state index >= 15 is 0 Å². The monoisotopic (exact) mass is 615 g/mol. The van der Waals surface area contributed by atoms with E-state index in [4.69, 9.17) is 24.7 Å². The van der Waals surface area contributed by atoms with Gasteiger partial charge in [-0.2, -0.15) is 4.98 Å². The number of amides is 1. The SMILES string of the molecule is CCn1c(-c2cccnc2[C@H](C)OC)c2c3cc(ccc31)-c1nc(no1)C[C@H](N)C(=O)N1CCC[C@H](N1)C(=O)OCC(C)(C)C2. The second kappa shape index (κ2) is 12.3. The van der Waals surface area contributed by atoms with Crippen LogP contribution >= 0.6 is 0 Å². The van der Waals surface area contributed by atoms with Crippen LogP contribution in [0.2, 0.25) is 0 Å². The number of nitrogens with zero attached hydrogens (tertiary/aromatic N) is 5. The fraction of sp³-hybridized carbons (Fsp3) is 0.485. The van der Waals surface area contributed by atoms with Gasteiger partial charge in [-0.05, 0) is 69.0 Å². The number of fused-ring (bicyclic) bond motifs is 6.